The fourth-order valence-corrected chi connectivity index (χ4v) is 2.24. The van der Waals surface area contributed by atoms with Crippen LogP contribution in [0.4, 0.5) is 5.82 Å². The van der Waals surface area contributed by atoms with Gasteiger partial charge in [0, 0.05) is 31.2 Å². The molecule has 0 aliphatic carbocycles. The first-order valence-corrected chi connectivity index (χ1v) is 6.63. The maximum Gasteiger partial charge on any atom is 0.222 e. The molecule has 1 atom stereocenters. The predicted molar refractivity (Wildman–Crippen MR) is 72.5 cm³/mol. The molecule has 1 aliphatic heterocycles. The summed E-state index contributed by atoms with van der Waals surface area (Å²) < 4.78 is 0. The van der Waals surface area contributed by atoms with Gasteiger partial charge in [0.05, 0.1) is 0 Å². The molecule has 1 saturated heterocycles. The zero-order valence-corrected chi connectivity index (χ0v) is 11.1. The summed E-state index contributed by atoms with van der Waals surface area (Å²) in [5.41, 5.74) is 1.02. The van der Waals surface area contributed by atoms with Crippen LogP contribution in [0.2, 0.25) is 0 Å². The van der Waals surface area contributed by atoms with E-state index in [1.165, 1.54) is 0 Å². The fourth-order valence-electron chi connectivity index (χ4n) is 2.24. The summed E-state index contributed by atoms with van der Waals surface area (Å²) in [6.07, 6.45) is 2.70. The van der Waals surface area contributed by atoms with Gasteiger partial charge in [-0.15, -0.1) is 0 Å². The van der Waals surface area contributed by atoms with Gasteiger partial charge in [-0.25, -0.2) is 4.98 Å². The number of carbonyl (C=O) groups excluding carboxylic acids is 1. The molecule has 18 heavy (non-hydrogen) atoms. The van der Waals surface area contributed by atoms with Crippen molar-refractivity contribution in [1.29, 1.82) is 0 Å². The van der Waals surface area contributed by atoms with E-state index in [0.29, 0.717) is 11.9 Å². The number of hydrogen-bond donors (Lipinski definition) is 1. The molecule has 4 nitrogen and oxygen atoms in total. The van der Waals surface area contributed by atoms with Crippen LogP contribution in [0.15, 0.2) is 18.2 Å². The third kappa shape index (κ3) is 3.45. The molecule has 0 saturated carbocycles. The molecule has 1 aromatic heterocycles. The van der Waals surface area contributed by atoms with E-state index in [4.69, 9.17) is 0 Å². The van der Waals surface area contributed by atoms with E-state index < -0.39 is 0 Å². The lowest BCUT2D eigenvalue weighted by molar-refractivity contribution is -0.127. The number of rotatable bonds is 5. The topological polar surface area (TPSA) is 45.2 Å². The van der Waals surface area contributed by atoms with Crippen LogP contribution in [0, 0.1) is 6.92 Å². The molecule has 1 aromatic rings. The lowest BCUT2D eigenvalue weighted by Crippen LogP contribution is -2.29. The number of aryl methyl sites for hydroxylation is 1. The maximum absolute atomic E-state index is 11.5. The minimum atomic E-state index is 0.302. The lowest BCUT2D eigenvalue weighted by Gasteiger charge is -2.20. The third-order valence-corrected chi connectivity index (χ3v) is 3.29. The molecule has 98 valence electrons. The number of likely N-dealkylation sites (tertiary alicyclic amines) is 1. The number of aromatic nitrogens is 1. The van der Waals surface area contributed by atoms with Crippen molar-refractivity contribution in [2.75, 3.05) is 18.4 Å². The molecule has 0 bridgehead atoms. The molecule has 0 aromatic carbocycles. The molecular formula is C14H21N3O. The van der Waals surface area contributed by atoms with Gasteiger partial charge in [0.15, 0.2) is 0 Å². The quantitative estimate of drug-likeness (QED) is 0.867. The Morgan fingerprint density at radius 2 is 2.33 bits per heavy atom. The van der Waals surface area contributed by atoms with Crippen molar-refractivity contribution in [1.82, 2.24) is 9.88 Å². The highest BCUT2D eigenvalue weighted by Crippen LogP contribution is 2.12. The number of carbonyl (C=O) groups is 1. The standard InChI is InChI=1S/C14H21N3O/c1-11-5-3-6-13(15-11)16-12(2)8-10-17-9-4-7-14(17)18/h3,5-6,12H,4,7-10H2,1-2H3,(H,15,16)/t12-/m1/s1. The van der Waals surface area contributed by atoms with E-state index in [0.717, 1.165) is 43.9 Å². The summed E-state index contributed by atoms with van der Waals surface area (Å²) in [5, 5.41) is 3.37. The fraction of sp³-hybridized carbons (Fsp3) is 0.571. The first-order chi connectivity index (χ1) is 8.65. The lowest BCUT2D eigenvalue weighted by atomic mass is 10.2. The van der Waals surface area contributed by atoms with Crippen LogP contribution < -0.4 is 5.32 Å². The second-order valence-corrected chi connectivity index (χ2v) is 4.98. The molecule has 1 amide bonds. The van der Waals surface area contributed by atoms with Crippen molar-refractivity contribution in [2.45, 2.75) is 39.2 Å². The summed E-state index contributed by atoms with van der Waals surface area (Å²) in [7, 11) is 0. The summed E-state index contributed by atoms with van der Waals surface area (Å²) in [6.45, 7) is 5.89. The minimum absolute atomic E-state index is 0.302. The molecule has 2 rings (SSSR count). The van der Waals surface area contributed by atoms with Crippen LogP contribution in [-0.2, 0) is 4.79 Å². The first kappa shape index (κ1) is 12.9. The van der Waals surface area contributed by atoms with Crippen LogP contribution in [0.1, 0.15) is 31.9 Å². The number of hydrogen-bond acceptors (Lipinski definition) is 3. The summed E-state index contributed by atoms with van der Waals surface area (Å²) in [6, 6.07) is 6.29. The molecular weight excluding hydrogens is 226 g/mol. The minimum Gasteiger partial charge on any atom is -0.368 e. The molecule has 1 N–H and O–H groups in total. The van der Waals surface area contributed by atoms with E-state index in [1.807, 2.05) is 30.0 Å². The van der Waals surface area contributed by atoms with Crippen LogP contribution in [0.25, 0.3) is 0 Å². The summed E-state index contributed by atoms with van der Waals surface area (Å²) >= 11 is 0. The molecule has 2 heterocycles. The SMILES string of the molecule is Cc1cccc(N[C@H](C)CCN2CCCC2=O)n1. The van der Waals surface area contributed by atoms with Gasteiger partial charge in [0.25, 0.3) is 0 Å². The number of nitrogens with zero attached hydrogens (tertiary/aromatic N) is 2. The van der Waals surface area contributed by atoms with Gasteiger partial charge in [-0.1, -0.05) is 6.07 Å². The highest BCUT2D eigenvalue weighted by molar-refractivity contribution is 5.78. The molecule has 1 aliphatic rings. The second-order valence-electron chi connectivity index (χ2n) is 4.98. The van der Waals surface area contributed by atoms with Crippen LogP contribution in [0.3, 0.4) is 0 Å². The average Bonchev–Trinajstić information content (AvgIpc) is 2.72. The Hall–Kier alpha value is -1.58. The van der Waals surface area contributed by atoms with Crippen molar-refractivity contribution in [3.8, 4) is 0 Å². The molecule has 0 radical (unpaired) electrons. The first-order valence-electron chi connectivity index (χ1n) is 6.63. The molecule has 1 fully saturated rings. The van der Waals surface area contributed by atoms with E-state index in [-0.39, 0.29) is 0 Å². The Bertz CT molecular complexity index is 419. The number of pyridine rings is 1. The maximum atomic E-state index is 11.5. The van der Waals surface area contributed by atoms with E-state index in [9.17, 15) is 4.79 Å². The van der Waals surface area contributed by atoms with Gasteiger partial charge < -0.3 is 10.2 Å². The van der Waals surface area contributed by atoms with Crippen molar-refractivity contribution < 1.29 is 4.79 Å². The normalized spacial score (nSPS) is 17.0. The Labute approximate surface area is 108 Å². The highest BCUT2D eigenvalue weighted by atomic mass is 16.2. The van der Waals surface area contributed by atoms with Gasteiger partial charge >= 0.3 is 0 Å². The van der Waals surface area contributed by atoms with Gasteiger partial charge in [-0.3, -0.25) is 4.79 Å². The van der Waals surface area contributed by atoms with Crippen LogP contribution in [-0.4, -0.2) is 34.9 Å². The summed E-state index contributed by atoms with van der Waals surface area (Å²) in [5.74, 6) is 1.21. The summed E-state index contributed by atoms with van der Waals surface area (Å²) in [4.78, 5) is 17.9. The zero-order valence-electron chi connectivity index (χ0n) is 11.1. The number of anilines is 1. The second kappa shape index (κ2) is 5.85. The molecule has 4 heteroatoms. The number of nitrogens with one attached hydrogen (secondary N) is 1. The van der Waals surface area contributed by atoms with Gasteiger partial charge in [0.1, 0.15) is 5.82 Å². The van der Waals surface area contributed by atoms with Gasteiger partial charge in [-0.05, 0) is 38.8 Å². The monoisotopic (exact) mass is 247 g/mol. The Balaban J connectivity index is 1.78. The largest absolute Gasteiger partial charge is 0.368 e. The van der Waals surface area contributed by atoms with E-state index >= 15 is 0 Å². The Kier molecular flexibility index (Phi) is 4.18. The molecule has 0 unspecified atom stereocenters. The van der Waals surface area contributed by atoms with E-state index in [2.05, 4.69) is 17.2 Å². The van der Waals surface area contributed by atoms with Gasteiger partial charge in [-0.2, -0.15) is 0 Å². The average molecular weight is 247 g/mol. The Morgan fingerprint density at radius 3 is 3.00 bits per heavy atom. The highest BCUT2D eigenvalue weighted by Gasteiger charge is 2.20. The van der Waals surface area contributed by atoms with Crippen LogP contribution >= 0.6 is 0 Å². The predicted octanol–water partition coefficient (Wildman–Crippen LogP) is 2.20. The van der Waals surface area contributed by atoms with E-state index in [1.54, 1.807) is 0 Å². The number of amides is 1. The van der Waals surface area contributed by atoms with Crippen LogP contribution in [0.5, 0.6) is 0 Å². The van der Waals surface area contributed by atoms with Crippen molar-refractivity contribution in [3.05, 3.63) is 23.9 Å². The Morgan fingerprint density at radius 1 is 1.50 bits per heavy atom. The van der Waals surface area contributed by atoms with Gasteiger partial charge in [0.2, 0.25) is 5.91 Å². The molecule has 0 spiro atoms. The van der Waals surface area contributed by atoms with Crippen molar-refractivity contribution in [2.24, 2.45) is 0 Å². The zero-order chi connectivity index (χ0) is 13.0. The third-order valence-electron chi connectivity index (χ3n) is 3.29. The van der Waals surface area contributed by atoms with Crippen molar-refractivity contribution >= 4 is 11.7 Å². The van der Waals surface area contributed by atoms with Crippen molar-refractivity contribution in [3.63, 3.8) is 0 Å². The smallest absolute Gasteiger partial charge is 0.222 e.